The molecule has 0 fully saturated rings. The van der Waals surface area contributed by atoms with Gasteiger partial charge in [0.05, 0.1) is 20.3 Å². The minimum atomic E-state index is 0.448. The first-order valence-electron chi connectivity index (χ1n) is 3.65. The summed E-state index contributed by atoms with van der Waals surface area (Å²) in [7, 11) is 3.18. The van der Waals surface area contributed by atoms with Crippen molar-refractivity contribution in [1.29, 1.82) is 0 Å². The smallest absolute Gasteiger partial charge is 0.135 e. The van der Waals surface area contributed by atoms with Crippen LogP contribution < -0.4 is 15.2 Å². The van der Waals surface area contributed by atoms with Crippen molar-refractivity contribution in [3.8, 4) is 11.5 Å². The lowest BCUT2D eigenvalue weighted by molar-refractivity contribution is 0.389. The maximum absolute atomic E-state index is 5.48. The number of hydrogen-bond acceptors (Lipinski definition) is 3. The van der Waals surface area contributed by atoms with Crippen molar-refractivity contribution in [2.75, 3.05) is 14.2 Å². The summed E-state index contributed by atoms with van der Waals surface area (Å²) in [5.74, 6) is 1.31. The average molecular weight is 166 g/mol. The van der Waals surface area contributed by atoms with E-state index in [0.29, 0.717) is 18.0 Å². The summed E-state index contributed by atoms with van der Waals surface area (Å²) in [6.45, 7) is 0.448. The van der Waals surface area contributed by atoms with Crippen molar-refractivity contribution < 1.29 is 9.47 Å². The summed E-state index contributed by atoms with van der Waals surface area (Å²) in [4.78, 5) is 0. The van der Waals surface area contributed by atoms with E-state index in [1.54, 1.807) is 14.2 Å². The summed E-state index contributed by atoms with van der Waals surface area (Å²) < 4.78 is 10.0. The van der Waals surface area contributed by atoms with Crippen LogP contribution in [0.15, 0.2) is 12.1 Å². The van der Waals surface area contributed by atoms with Gasteiger partial charge in [-0.05, 0) is 6.07 Å². The van der Waals surface area contributed by atoms with Gasteiger partial charge in [0.1, 0.15) is 11.5 Å². The molecule has 0 aliphatic rings. The summed E-state index contributed by atoms with van der Waals surface area (Å²) in [5.41, 5.74) is 6.41. The Bertz CT molecular complexity index is 261. The highest BCUT2D eigenvalue weighted by Gasteiger charge is 2.02. The van der Waals surface area contributed by atoms with Gasteiger partial charge >= 0.3 is 0 Å². The zero-order valence-corrected chi connectivity index (χ0v) is 7.26. The number of benzene rings is 1. The third-order valence-electron chi connectivity index (χ3n) is 1.61. The van der Waals surface area contributed by atoms with Crippen LogP contribution in [-0.2, 0) is 6.54 Å². The topological polar surface area (TPSA) is 44.5 Å². The van der Waals surface area contributed by atoms with Crippen LogP contribution >= 0.6 is 0 Å². The molecule has 0 atom stereocenters. The molecule has 3 heteroatoms. The number of methoxy groups -OCH3 is 2. The first kappa shape index (κ1) is 8.87. The molecule has 1 rings (SSSR count). The SMILES string of the molecule is COc1[c]c(OC)c(CN)cc1. The minimum Gasteiger partial charge on any atom is -0.496 e. The van der Waals surface area contributed by atoms with Crippen LogP contribution in [0.1, 0.15) is 5.56 Å². The molecule has 1 aromatic carbocycles. The first-order valence-corrected chi connectivity index (χ1v) is 3.65. The van der Waals surface area contributed by atoms with E-state index in [1.165, 1.54) is 0 Å². The van der Waals surface area contributed by atoms with E-state index in [0.717, 1.165) is 5.56 Å². The van der Waals surface area contributed by atoms with Gasteiger partial charge in [0, 0.05) is 12.1 Å². The Balaban J connectivity index is 3.02. The predicted molar refractivity (Wildman–Crippen MR) is 46.3 cm³/mol. The minimum absolute atomic E-state index is 0.448. The molecule has 0 aliphatic carbocycles. The van der Waals surface area contributed by atoms with Crippen LogP contribution in [0, 0.1) is 6.07 Å². The third kappa shape index (κ3) is 1.68. The average Bonchev–Trinajstić information content (AvgIpc) is 2.16. The molecular formula is C9H12NO2. The quantitative estimate of drug-likeness (QED) is 0.727. The van der Waals surface area contributed by atoms with Gasteiger partial charge in [0.25, 0.3) is 0 Å². The summed E-state index contributed by atoms with van der Waals surface area (Å²) in [6.07, 6.45) is 0. The van der Waals surface area contributed by atoms with Gasteiger partial charge in [-0.15, -0.1) is 0 Å². The van der Waals surface area contributed by atoms with Crippen LogP contribution in [0.3, 0.4) is 0 Å². The molecule has 12 heavy (non-hydrogen) atoms. The molecule has 65 valence electrons. The van der Waals surface area contributed by atoms with Gasteiger partial charge in [-0.2, -0.15) is 0 Å². The Kier molecular flexibility index (Phi) is 2.94. The lowest BCUT2D eigenvalue weighted by atomic mass is 10.2. The second-order valence-corrected chi connectivity index (χ2v) is 2.29. The number of nitrogens with two attached hydrogens (primary N) is 1. The largest absolute Gasteiger partial charge is 0.496 e. The van der Waals surface area contributed by atoms with Gasteiger partial charge in [-0.25, -0.2) is 0 Å². The normalized spacial score (nSPS) is 9.58. The van der Waals surface area contributed by atoms with Crippen molar-refractivity contribution in [3.63, 3.8) is 0 Å². The lowest BCUT2D eigenvalue weighted by Gasteiger charge is -2.07. The lowest BCUT2D eigenvalue weighted by Crippen LogP contribution is -2.00. The molecule has 1 radical (unpaired) electrons. The fourth-order valence-electron chi connectivity index (χ4n) is 0.948. The highest BCUT2D eigenvalue weighted by molar-refractivity contribution is 5.39. The van der Waals surface area contributed by atoms with Crippen LogP contribution in [0.4, 0.5) is 0 Å². The third-order valence-corrected chi connectivity index (χ3v) is 1.61. The number of hydrogen-bond donors (Lipinski definition) is 1. The Morgan fingerprint density at radius 3 is 2.58 bits per heavy atom. The fourth-order valence-corrected chi connectivity index (χ4v) is 0.948. The fraction of sp³-hybridized carbons (Fsp3) is 0.333. The van der Waals surface area contributed by atoms with Crippen LogP contribution in [-0.4, -0.2) is 14.2 Å². The second-order valence-electron chi connectivity index (χ2n) is 2.29. The van der Waals surface area contributed by atoms with Crippen LogP contribution in [0.25, 0.3) is 0 Å². The van der Waals surface area contributed by atoms with Crippen molar-refractivity contribution in [2.24, 2.45) is 5.73 Å². The van der Waals surface area contributed by atoms with Crippen molar-refractivity contribution in [2.45, 2.75) is 6.54 Å². The van der Waals surface area contributed by atoms with E-state index < -0.39 is 0 Å². The van der Waals surface area contributed by atoms with E-state index in [9.17, 15) is 0 Å². The molecule has 0 bridgehead atoms. The summed E-state index contributed by atoms with van der Waals surface area (Å²) in [5, 5.41) is 0. The van der Waals surface area contributed by atoms with E-state index >= 15 is 0 Å². The molecule has 0 saturated carbocycles. The molecule has 1 aromatic rings. The van der Waals surface area contributed by atoms with Gasteiger partial charge in [-0.1, -0.05) is 6.07 Å². The number of ether oxygens (including phenoxy) is 2. The van der Waals surface area contributed by atoms with Gasteiger partial charge < -0.3 is 15.2 Å². The van der Waals surface area contributed by atoms with E-state index in [1.807, 2.05) is 12.1 Å². The molecule has 3 nitrogen and oxygen atoms in total. The number of rotatable bonds is 3. The van der Waals surface area contributed by atoms with Crippen LogP contribution in [0.2, 0.25) is 0 Å². The van der Waals surface area contributed by atoms with Gasteiger partial charge in [0.15, 0.2) is 0 Å². The molecule has 2 N–H and O–H groups in total. The Morgan fingerprint density at radius 1 is 1.33 bits per heavy atom. The highest BCUT2D eigenvalue weighted by Crippen LogP contribution is 2.22. The van der Waals surface area contributed by atoms with Gasteiger partial charge in [-0.3, -0.25) is 0 Å². The zero-order valence-electron chi connectivity index (χ0n) is 7.26. The zero-order chi connectivity index (χ0) is 8.97. The molecule has 0 amide bonds. The van der Waals surface area contributed by atoms with Crippen molar-refractivity contribution >= 4 is 0 Å². The summed E-state index contributed by atoms with van der Waals surface area (Å²) in [6, 6.07) is 6.62. The molecule has 0 aromatic heterocycles. The second kappa shape index (κ2) is 3.97. The Morgan fingerprint density at radius 2 is 2.08 bits per heavy atom. The maximum atomic E-state index is 5.48. The van der Waals surface area contributed by atoms with Crippen molar-refractivity contribution in [1.82, 2.24) is 0 Å². The summed E-state index contributed by atoms with van der Waals surface area (Å²) >= 11 is 0. The van der Waals surface area contributed by atoms with Gasteiger partial charge in [0.2, 0.25) is 0 Å². The Labute approximate surface area is 72.1 Å². The monoisotopic (exact) mass is 166 g/mol. The molecular weight excluding hydrogens is 154 g/mol. The van der Waals surface area contributed by atoms with E-state index in [4.69, 9.17) is 15.2 Å². The predicted octanol–water partition coefficient (Wildman–Crippen LogP) is 0.963. The van der Waals surface area contributed by atoms with Crippen molar-refractivity contribution in [3.05, 3.63) is 23.8 Å². The molecule has 0 unspecified atom stereocenters. The molecule has 0 aliphatic heterocycles. The standard InChI is InChI=1S/C9H12NO2/c1-11-8-4-3-7(6-10)9(5-8)12-2/h3-4H,6,10H2,1-2H3. The Hall–Kier alpha value is -1.22. The maximum Gasteiger partial charge on any atom is 0.135 e. The van der Waals surface area contributed by atoms with E-state index in [-0.39, 0.29) is 0 Å². The first-order chi connectivity index (χ1) is 5.81. The molecule has 0 saturated heterocycles. The molecule has 0 heterocycles. The highest BCUT2D eigenvalue weighted by atomic mass is 16.5. The van der Waals surface area contributed by atoms with Crippen LogP contribution in [0.5, 0.6) is 11.5 Å². The van der Waals surface area contributed by atoms with E-state index in [2.05, 4.69) is 6.07 Å². The molecule has 0 spiro atoms.